The molecule has 0 saturated carbocycles. The van der Waals surface area contributed by atoms with Crippen molar-refractivity contribution in [3.05, 3.63) is 106 Å². The second-order valence-electron chi connectivity index (χ2n) is 8.50. The summed E-state index contributed by atoms with van der Waals surface area (Å²) in [5.74, 6) is 1.94. The number of anilines is 1. The third-order valence-corrected chi connectivity index (χ3v) is 6.63. The van der Waals surface area contributed by atoms with Crippen LogP contribution in [0.25, 0.3) is 0 Å². The van der Waals surface area contributed by atoms with Crippen molar-refractivity contribution < 1.29 is 4.74 Å². The molecule has 0 spiro atoms. The molecule has 1 heterocycles. The van der Waals surface area contributed by atoms with Crippen LogP contribution in [-0.4, -0.2) is 0 Å². The summed E-state index contributed by atoms with van der Waals surface area (Å²) in [6.07, 6.45) is 5.87. The number of aryl methyl sites for hydroxylation is 2. The predicted molar refractivity (Wildman–Crippen MR) is 124 cm³/mol. The molecule has 0 saturated heterocycles. The molecule has 1 aliphatic carbocycles. The summed E-state index contributed by atoms with van der Waals surface area (Å²) in [5.41, 5.74) is 7.89. The van der Waals surface area contributed by atoms with Crippen LogP contribution < -0.4 is 10.1 Å². The fourth-order valence-corrected chi connectivity index (χ4v) is 5.12. The van der Waals surface area contributed by atoms with Gasteiger partial charge in [0, 0.05) is 16.6 Å². The van der Waals surface area contributed by atoms with Gasteiger partial charge in [-0.25, -0.2) is 0 Å². The van der Waals surface area contributed by atoms with Crippen LogP contribution >= 0.6 is 11.6 Å². The van der Waals surface area contributed by atoms with E-state index in [9.17, 15) is 0 Å². The maximum atomic E-state index is 5.97. The van der Waals surface area contributed by atoms with Gasteiger partial charge < -0.3 is 10.1 Å². The van der Waals surface area contributed by atoms with Gasteiger partial charge in [0.1, 0.15) is 12.4 Å². The van der Waals surface area contributed by atoms with Crippen LogP contribution in [-0.2, 0) is 6.61 Å². The van der Waals surface area contributed by atoms with E-state index in [0.29, 0.717) is 24.5 Å². The summed E-state index contributed by atoms with van der Waals surface area (Å²) in [6.45, 7) is 4.95. The molecule has 0 bridgehead atoms. The summed E-state index contributed by atoms with van der Waals surface area (Å²) in [5, 5.41) is 4.60. The maximum absolute atomic E-state index is 5.97. The summed E-state index contributed by atoms with van der Waals surface area (Å²) < 4.78 is 5.97. The molecule has 1 N–H and O–H groups in total. The van der Waals surface area contributed by atoms with Gasteiger partial charge in [0.05, 0.1) is 6.04 Å². The zero-order valence-corrected chi connectivity index (χ0v) is 18.1. The van der Waals surface area contributed by atoms with E-state index in [1.165, 1.54) is 27.9 Å². The number of allylic oxidation sites excluding steroid dienone is 2. The number of rotatable bonds is 4. The van der Waals surface area contributed by atoms with Crippen LogP contribution in [0.5, 0.6) is 5.75 Å². The number of fused-ring (bicyclic) bond motifs is 3. The van der Waals surface area contributed by atoms with Crippen LogP contribution in [0.15, 0.2) is 72.8 Å². The molecular formula is C27H26ClNO. The smallest absolute Gasteiger partial charge is 0.119 e. The SMILES string of the molecule is Cc1cc(C)c2c(c1)N[C@@H](c1ccc(OCc3ccc(Cl)cc3)cc1)[C@H]1CC=C[C@@H]21. The molecule has 2 nitrogen and oxygen atoms in total. The van der Waals surface area contributed by atoms with Crippen molar-refractivity contribution in [1.82, 2.24) is 0 Å². The second-order valence-corrected chi connectivity index (χ2v) is 8.94. The van der Waals surface area contributed by atoms with Gasteiger partial charge in [-0.1, -0.05) is 54.1 Å². The first-order valence-corrected chi connectivity index (χ1v) is 11.0. The summed E-state index contributed by atoms with van der Waals surface area (Å²) >= 11 is 5.96. The van der Waals surface area contributed by atoms with Gasteiger partial charge in [0.2, 0.25) is 0 Å². The van der Waals surface area contributed by atoms with Gasteiger partial charge in [-0.2, -0.15) is 0 Å². The molecule has 5 rings (SSSR count). The summed E-state index contributed by atoms with van der Waals surface area (Å²) in [7, 11) is 0. The molecule has 30 heavy (non-hydrogen) atoms. The molecule has 0 aromatic heterocycles. The molecule has 0 unspecified atom stereocenters. The number of nitrogens with one attached hydrogen (secondary N) is 1. The van der Waals surface area contributed by atoms with Crippen molar-refractivity contribution in [3.63, 3.8) is 0 Å². The van der Waals surface area contributed by atoms with Crippen molar-refractivity contribution in [2.75, 3.05) is 5.32 Å². The highest BCUT2D eigenvalue weighted by Crippen LogP contribution is 2.51. The van der Waals surface area contributed by atoms with Crippen molar-refractivity contribution in [2.24, 2.45) is 5.92 Å². The molecule has 1 aliphatic heterocycles. The number of halogens is 1. The lowest BCUT2D eigenvalue weighted by Crippen LogP contribution is -2.29. The average Bonchev–Trinajstić information content (AvgIpc) is 3.22. The number of hydrogen-bond acceptors (Lipinski definition) is 2. The van der Waals surface area contributed by atoms with Crippen molar-refractivity contribution >= 4 is 17.3 Å². The Morgan fingerprint density at radius 3 is 2.53 bits per heavy atom. The minimum absolute atomic E-state index is 0.309. The summed E-state index contributed by atoms with van der Waals surface area (Å²) in [4.78, 5) is 0. The Hall–Kier alpha value is -2.71. The first-order valence-electron chi connectivity index (χ1n) is 10.6. The Morgan fingerprint density at radius 2 is 1.77 bits per heavy atom. The molecular weight excluding hydrogens is 390 g/mol. The highest BCUT2D eigenvalue weighted by atomic mass is 35.5. The quantitative estimate of drug-likeness (QED) is 0.449. The van der Waals surface area contributed by atoms with Crippen LogP contribution in [0, 0.1) is 19.8 Å². The molecule has 3 atom stereocenters. The molecule has 3 heteroatoms. The molecule has 3 aromatic carbocycles. The van der Waals surface area contributed by atoms with Gasteiger partial charge in [-0.15, -0.1) is 0 Å². The average molecular weight is 416 g/mol. The van der Waals surface area contributed by atoms with E-state index >= 15 is 0 Å². The fraction of sp³-hybridized carbons (Fsp3) is 0.259. The van der Waals surface area contributed by atoms with Crippen LogP contribution in [0.3, 0.4) is 0 Å². The predicted octanol–water partition coefficient (Wildman–Crippen LogP) is 7.36. The van der Waals surface area contributed by atoms with E-state index in [-0.39, 0.29) is 0 Å². The highest BCUT2D eigenvalue weighted by molar-refractivity contribution is 6.30. The second kappa shape index (κ2) is 7.85. The van der Waals surface area contributed by atoms with Gasteiger partial charge >= 0.3 is 0 Å². The first-order chi connectivity index (χ1) is 14.6. The Kier molecular flexibility index (Phi) is 5.04. The lowest BCUT2D eigenvalue weighted by molar-refractivity contribution is 0.306. The van der Waals surface area contributed by atoms with Crippen molar-refractivity contribution in [1.29, 1.82) is 0 Å². The third-order valence-electron chi connectivity index (χ3n) is 6.37. The van der Waals surface area contributed by atoms with Gasteiger partial charge in [-0.3, -0.25) is 0 Å². The van der Waals surface area contributed by atoms with Crippen LogP contribution in [0.4, 0.5) is 5.69 Å². The zero-order chi connectivity index (χ0) is 20.7. The molecule has 0 radical (unpaired) electrons. The normalized spacial score (nSPS) is 21.6. The van der Waals surface area contributed by atoms with E-state index < -0.39 is 0 Å². The third kappa shape index (κ3) is 3.61. The van der Waals surface area contributed by atoms with Crippen molar-refractivity contribution in [3.8, 4) is 5.75 Å². The van der Waals surface area contributed by atoms with E-state index in [1.807, 2.05) is 24.3 Å². The molecule has 0 fully saturated rings. The Bertz CT molecular complexity index is 1090. The number of hydrogen-bond donors (Lipinski definition) is 1. The minimum atomic E-state index is 0.309. The lowest BCUT2D eigenvalue weighted by atomic mass is 9.75. The first kappa shape index (κ1) is 19.3. The summed E-state index contributed by atoms with van der Waals surface area (Å²) in [6, 6.07) is 21.3. The lowest BCUT2D eigenvalue weighted by Gasteiger charge is -2.38. The standard InChI is InChI=1S/C27H26ClNO/c1-17-14-18(2)26-23-4-3-5-24(23)27(29-25(26)15-17)20-8-12-22(13-9-20)30-16-19-6-10-21(28)11-7-19/h3-4,6-15,23-24,27,29H,5,16H2,1-2H3/t23-,24+,27+/m1/s1. The largest absolute Gasteiger partial charge is 0.489 e. The van der Waals surface area contributed by atoms with Gasteiger partial charge in [0.15, 0.2) is 0 Å². The number of ether oxygens (including phenoxy) is 1. The van der Waals surface area contributed by atoms with E-state index in [1.54, 1.807) is 0 Å². The maximum Gasteiger partial charge on any atom is 0.119 e. The molecule has 2 aliphatic rings. The minimum Gasteiger partial charge on any atom is -0.489 e. The van der Waals surface area contributed by atoms with E-state index in [0.717, 1.165) is 22.8 Å². The van der Waals surface area contributed by atoms with Crippen molar-refractivity contribution in [2.45, 2.75) is 38.8 Å². The Labute approximate surface area is 183 Å². The number of benzene rings is 3. The van der Waals surface area contributed by atoms with E-state index in [4.69, 9.17) is 16.3 Å². The molecule has 0 amide bonds. The Morgan fingerprint density at radius 1 is 1.00 bits per heavy atom. The topological polar surface area (TPSA) is 21.3 Å². The fourth-order valence-electron chi connectivity index (χ4n) is 4.99. The monoisotopic (exact) mass is 415 g/mol. The van der Waals surface area contributed by atoms with Crippen LogP contribution in [0.2, 0.25) is 5.02 Å². The van der Waals surface area contributed by atoms with E-state index in [2.05, 4.69) is 67.7 Å². The molecule has 152 valence electrons. The van der Waals surface area contributed by atoms with Crippen LogP contribution in [0.1, 0.15) is 46.2 Å². The van der Waals surface area contributed by atoms with Gasteiger partial charge in [0.25, 0.3) is 0 Å². The Balaban J connectivity index is 1.36. The molecule has 3 aromatic rings. The highest BCUT2D eigenvalue weighted by Gasteiger charge is 2.38. The van der Waals surface area contributed by atoms with Gasteiger partial charge in [-0.05, 0) is 84.3 Å². The zero-order valence-electron chi connectivity index (χ0n) is 17.4.